The highest BCUT2D eigenvalue weighted by Gasteiger charge is 2.21. The smallest absolute Gasteiger partial charge is 0.326 e. The van der Waals surface area contributed by atoms with Crippen molar-refractivity contribution in [3.8, 4) is 0 Å². The highest BCUT2D eigenvalue weighted by molar-refractivity contribution is 5.83. The first-order valence-electron chi connectivity index (χ1n) is 4.99. The molecule has 0 radical (unpaired) electrons. The standard InChI is InChI=1S/C9H13N5O3/c1-2-3-4-8(15)10-6(9(16)17)5-7-11-13-14-12-7/h2,6H,1,3-5H2,(H,10,15)(H,16,17)(H,11,12,13,14)/t6-/m1/s1. The lowest BCUT2D eigenvalue weighted by Crippen LogP contribution is -2.42. The Morgan fingerprint density at radius 2 is 2.35 bits per heavy atom. The number of aliphatic carboxylic acids is 1. The molecule has 0 saturated heterocycles. The van der Waals surface area contributed by atoms with Crippen molar-refractivity contribution in [3.05, 3.63) is 18.5 Å². The molecule has 1 rings (SSSR count). The molecule has 0 aliphatic heterocycles. The van der Waals surface area contributed by atoms with Crippen LogP contribution in [-0.2, 0) is 16.0 Å². The van der Waals surface area contributed by atoms with Crippen molar-refractivity contribution in [2.45, 2.75) is 25.3 Å². The molecule has 92 valence electrons. The molecule has 0 spiro atoms. The third-order valence-electron chi connectivity index (χ3n) is 2.00. The van der Waals surface area contributed by atoms with Gasteiger partial charge in [-0.15, -0.1) is 11.7 Å². The number of carboxylic acids is 1. The van der Waals surface area contributed by atoms with E-state index in [1.54, 1.807) is 6.08 Å². The topological polar surface area (TPSA) is 121 Å². The molecule has 8 nitrogen and oxygen atoms in total. The Kier molecular flexibility index (Phi) is 4.79. The second-order valence-electron chi connectivity index (χ2n) is 3.34. The van der Waals surface area contributed by atoms with Gasteiger partial charge < -0.3 is 10.4 Å². The fraction of sp³-hybridized carbons (Fsp3) is 0.444. The zero-order valence-electron chi connectivity index (χ0n) is 9.09. The monoisotopic (exact) mass is 239 g/mol. The molecular weight excluding hydrogens is 226 g/mol. The van der Waals surface area contributed by atoms with E-state index in [4.69, 9.17) is 5.11 Å². The van der Waals surface area contributed by atoms with Gasteiger partial charge in [0.05, 0.1) is 0 Å². The van der Waals surface area contributed by atoms with Crippen LogP contribution in [0.1, 0.15) is 18.7 Å². The Morgan fingerprint density at radius 1 is 1.59 bits per heavy atom. The number of rotatable bonds is 7. The van der Waals surface area contributed by atoms with Crippen LogP contribution >= 0.6 is 0 Å². The number of carbonyl (C=O) groups is 2. The first-order chi connectivity index (χ1) is 8.13. The van der Waals surface area contributed by atoms with Gasteiger partial charge >= 0.3 is 5.97 Å². The number of allylic oxidation sites excluding steroid dienone is 1. The Morgan fingerprint density at radius 3 is 2.88 bits per heavy atom. The van der Waals surface area contributed by atoms with Gasteiger partial charge in [-0.25, -0.2) is 9.89 Å². The van der Waals surface area contributed by atoms with Crippen LogP contribution in [0.2, 0.25) is 0 Å². The van der Waals surface area contributed by atoms with Crippen LogP contribution in [0.15, 0.2) is 12.7 Å². The Labute approximate surface area is 97.1 Å². The lowest BCUT2D eigenvalue weighted by Gasteiger charge is -2.12. The average Bonchev–Trinajstić information content (AvgIpc) is 2.78. The van der Waals surface area contributed by atoms with Gasteiger partial charge in [-0.05, 0) is 16.8 Å². The van der Waals surface area contributed by atoms with Crippen LogP contribution in [0.25, 0.3) is 0 Å². The molecular formula is C9H13N5O3. The van der Waals surface area contributed by atoms with E-state index in [1.807, 2.05) is 0 Å². The van der Waals surface area contributed by atoms with Crippen LogP contribution in [0.5, 0.6) is 0 Å². The summed E-state index contributed by atoms with van der Waals surface area (Å²) in [7, 11) is 0. The van der Waals surface area contributed by atoms with Crippen molar-refractivity contribution >= 4 is 11.9 Å². The summed E-state index contributed by atoms with van der Waals surface area (Å²) in [6.45, 7) is 3.48. The first kappa shape index (κ1) is 12.8. The molecule has 1 amide bonds. The quantitative estimate of drug-likeness (QED) is 0.540. The van der Waals surface area contributed by atoms with Crippen LogP contribution in [-0.4, -0.2) is 43.6 Å². The van der Waals surface area contributed by atoms with Gasteiger partial charge in [0.15, 0.2) is 5.82 Å². The summed E-state index contributed by atoms with van der Waals surface area (Å²) in [6, 6.07) is -1.04. The van der Waals surface area contributed by atoms with Crippen LogP contribution in [0.4, 0.5) is 0 Å². The second-order valence-corrected chi connectivity index (χ2v) is 3.34. The zero-order valence-corrected chi connectivity index (χ0v) is 9.09. The highest BCUT2D eigenvalue weighted by atomic mass is 16.4. The fourth-order valence-corrected chi connectivity index (χ4v) is 1.16. The van der Waals surface area contributed by atoms with Crippen LogP contribution < -0.4 is 5.32 Å². The number of amides is 1. The van der Waals surface area contributed by atoms with E-state index >= 15 is 0 Å². The predicted molar refractivity (Wildman–Crippen MR) is 56.9 cm³/mol. The van der Waals surface area contributed by atoms with Gasteiger partial charge in [0.1, 0.15) is 6.04 Å². The maximum Gasteiger partial charge on any atom is 0.326 e. The van der Waals surface area contributed by atoms with E-state index in [0.717, 1.165) is 0 Å². The zero-order chi connectivity index (χ0) is 12.7. The summed E-state index contributed by atoms with van der Waals surface area (Å²) in [5.41, 5.74) is 0. The lowest BCUT2D eigenvalue weighted by atomic mass is 10.2. The molecule has 0 saturated carbocycles. The van der Waals surface area contributed by atoms with E-state index in [1.165, 1.54) is 0 Å². The SMILES string of the molecule is C=CCCC(=O)N[C@H](Cc1nnn[nH]1)C(=O)O. The molecule has 1 atom stereocenters. The van der Waals surface area contributed by atoms with Crippen LogP contribution in [0, 0.1) is 0 Å². The number of aromatic amines is 1. The number of hydrogen-bond donors (Lipinski definition) is 3. The molecule has 0 fully saturated rings. The number of hydrogen-bond acceptors (Lipinski definition) is 5. The molecule has 1 aromatic heterocycles. The van der Waals surface area contributed by atoms with Crippen molar-refractivity contribution in [1.82, 2.24) is 25.9 Å². The summed E-state index contributed by atoms with van der Waals surface area (Å²) in [5.74, 6) is -1.17. The number of carboxylic acid groups (broad SMARTS) is 1. The van der Waals surface area contributed by atoms with E-state index in [0.29, 0.717) is 12.2 Å². The molecule has 0 aromatic carbocycles. The number of nitrogens with zero attached hydrogens (tertiary/aromatic N) is 3. The fourth-order valence-electron chi connectivity index (χ4n) is 1.16. The van der Waals surface area contributed by atoms with Gasteiger partial charge in [-0.3, -0.25) is 4.79 Å². The number of H-pyrrole nitrogens is 1. The summed E-state index contributed by atoms with van der Waals surface area (Å²) in [6.07, 6.45) is 2.32. The molecule has 1 aromatic rings. The van der Waals surface area contributed by atoms with Gasteiger partial charge in [-0.1, -0.05) is 6.08 Å². The van der Waals surface area contributed by atoms with E-state index < -0.39 is 12.0 Å². The van der Waals surface area contributed by atoms with E-state index in [9.17, 15) is 9.59 Å². The average molecular weight is 239 g/mol. The van der Waals surface area contributed by atoms with Crippen molar-refractivity contribution in [2.75, 3.05) is 0 Å². The molecule has 0 unspecified atom stereocenters. The van der Waals surface area contributed by atoms with Crippen molar-refractivity contribution in [2.24, 2.45) is 0 Å². The Balaban J connectivity index is 2.51. The normalized spacial score (nSPS) is 11.8. The number of tetrazole rings is 1. The van der Waals surface area contributed by atoms with Gasteiger partial charge in [-0.2, -0.15) is 0 Å². The minimum atomic E-state index is -1.13. The molecule has 0 aliphatic carbocycles. The maximum atomic E-state index is 11.4. The highest BCUT2D eigenvalue weighted by Crippen LogP contribution is 1.97. The van der Waals surface area contributed by atoms with E-state index in [2.05, 4.69) is 32.5 Å². The van der Waals surface area contributed by atoms with Gasteiger partial charge in [0.25, 0.3) is 0 Å². The summed E-state index contributed by atoms with van der Waals surface area (Å²) in [5, 5.41) is 24.0. The van der Waals surface area contributed by atoms with Crippen molar-refractivity contribution in [1.29, 1.82) is 0 Å². The summed E-state index contributed by atoms with van der Waals surface area (Å²) >= 11 is 0. The molecule has 0 bridgehead atoms. The van der Waals surface area contributed by atoms with Crippen molar-refractivity contribution in [3.63, 3.8) is 0 Å². The van der Waals surface area contributed by atoms with Gasteiger partial charge in [0.2, 0.25) is 5.91 Å². The molecule has 8 heteroatoms. The minimum Gasteiger partial charge on any atom is -0.480 e. The van der Waals surface area contributed by atoms with Crippen LogP contribution in [0.3, 0.4) is 0 Å². The number of nitrogens with one attached hydrogen (secondary N) is 2. The Bertz CT molecular complexity index is 389. The minimum absolute atomic E-state index is 0.0160. The number of aromatic nitrogens is 4. The molecule has 17 heavy (non-hydrogen) atoms. The largest absolute Gasteiger partial charge is 0.480 e. The molecule has 1 heterocycles. The predicted octanol–water partition coefficient (Wildman–Crippen LogP) is -0.722. The Hall–Kier alpha value is -2.25. The lowest BCUT2D eigenvalue weighted by molar-refractivity contribution is -0.141. The first-order valence-corrected chi connectivity index (χ1v) is 4.99. The molecule has 3 N–H and O–H groups in total. The molecule has 0 aliphatic rings. The third-order valence-corrected chi connectivity index (χ3v) is 2.00. The van der Waals surface area contributed by atoms with E-state index in [-0.39, 0.29) is 18.7 Å². The summed E-state index contributed by atoms with van der Waals surface area (Å²) in [4.78, 5) is 22.3. The third kappa shape index (κ3) is 4.41. The second kappa shape index (κ2) is 6.36. The maximum absolute atomic E-state index is 11.4. The van der Waals surface area contributed by atoms with Gasteiger partial charge in [0, 0.05) is 12.8 Å². The van der Waals surface area contributed by atoms with Crippen molar-refractivity contribution < 1.29 is 14.7 Å². The summed E-state index contributed by atoms with van der Waals surface area (Å²) < 4.78 is 0. The number of carbonyl (C=O) groups excluding carboxylic acids is 1.